The van der Waals surface area contributed by atoms with E-state index in [2.05, 4.69) is 6.07 Å². The van der Waals surface area contributed by atoms with Crippen molar-refractivity contribution < 1.29 is 8.42 Å². The maximum Gasteiger partial charge on any atom is 0.178 e. The third kappa shape index (κ3) is 3.85. The Morgan fingerprint density at radius 2 is 1.89 bits per heavy atom. The Morgan fingerprint density at radius 1 is 1.28 bits per heavy atom. The van der Waals surface area contributed by atoms with Crippen LogP contribution >= 0.6 is 0 Å². The molecule has 0 saturated carbocycles. The summed E-state index contributed by atoms with van der Waals surface area (Å²) in [6.45, 7) is 5.45. The quantitative estimate of drug-likeness (QED) is 0.822. The molecular formula is C14H19NO2S. The number of rotatable bonds is 5. The number of benzene rings is 1. The van der Waals surface area contributed by atoms with Crippen molar-refractivity contribution in [1.29, 1.82) is 5.26 Å². The highest BCUT2D eigenvalue weighted by Crippen LogP contribution is 2.23. The Bertz CT molecular complexity index is 553. The van der Waals surface area contributed by atoms with Crippen LogP contribution in [0, 0.1) is 23.7 Å². The summed E-state index contributed by atoms with van der Waals surface area (Å²) in [5.74, 6) is 0.100. The molecule has 0 unspecified atom stereocenters. The van der Waals surface area contributed by atoms with E-state index in [0.29, 0.717) is 17.7 Å². The highest BCUT2D eigenvalue weighted by atomic mass is 32.2. The van der Waals surface area contributed by atoms with Gasteiger partial charge in [0.05, 0.1) is 22.1 Å². The Kier molecular flexibility index (Phi) is 4.53. The van der Waals surface area contributed by atoms with Crippen LogP contribution in [0.3, 0.4) is 0 Å². The first-order chi connectivity index (χ1) is 8.28. The fraction of sp³-hybridized carbons (Fsp3) is 0.500. The van der Waals surface area contributed by atoms with Crippen LogP contribution in [-0.2, 0) is 9.84 Å². The molecule has 0 amide bonds. The van der Waals surface area contributed by atoms with Crippen LogP contribution in [0.25, 0.3) is 0 Å². The van der Waals surface area contributed by atoms with E-state index in [-0.39, 0.29) is 5.75 Å². The molecule has 0 aliphatic carbocycles. The summed E-state index contributed by atoms with van der Waals surface area (Å²) < 4.78 is 24.3. The molecule has 98 valence electrons. The first-order valence-corrected chi connectivity index (χ1v) is 7.63. The molecule has 0 N–H and O–H groups in total. The summed E-state index contributed by atoms with van der Waals surface area (Å²) in [6, 6.07) is 9.18. The second kappa shape index (κ2) is 5.53. The maximum absolute atomic E-state index is 12.1. The molecule has 1 aromatic carbocycles. The van der Waals surface area contributed by atoms with Gasteiger partial charge in [0.25, 0.3) is 0 Å². The minimum Gasteiger partial charge on any atom is -0.224 e. The molecule has 1 rings (SSSR count). The summed E-state index contributed by atoms with van der Waals surface area (Å²) >= 11 is 0. The normalized spacial score (nSPS) is 12.1. The van der Waals surface area contributed by atoms with E-state index in [1.54, 1.807) is 25.1 Å². The second-order valence-electron chi connectivity index (χ2n) is 5.18. The lowest BCUT2D eigenvalue weighted by Crippen LogP contribution is -2.13. The lowest BCUT2D eigenvalue weighted by Gasteiger charge is -2.14. The Labute approximate surface area is 109 Å². The third-order valence-corrected chi connectivity index (χ3v) is 4.90. The number of nitriles is 1. The monoisotopic (exact) mass is 265 g/mol. The van der Waals surface area contributed by atoms with Crippen molar-refractivity contribution >= 4 is 9.84 Å². The zero-order chi connectivity index (χ0) is 13.8. The van der Waals surface area contributed by atoms with Crippen molar-refractivity contribution in [3.8, 4) is 6.07 Å². The standard InChI is InChI=1S/C14H19NO2S/c1-12-7-4-5-8-13(12)18(16,17)10-6-9-14(2,3)11-15/h4-5,7-8H,6,9-10H2,1-3H3. The lowest BCUT2D eigenvalue weighted by atomic mass is 9.90. The molecule has 0 heterocycles. The number of sulfone groups is 1. The highest BCUT2D eigenvalue weighted by Gasteiger charge is 2.20. The molecule has 0 saturated heterocycles. The number of nitrogens with zero attached hydrogens (tertiary/aromatic N) is 1. The first kappa shape index (κ1) is 14.7. The van der Waals surface area contributed by atoms with E-state index >= 15 is 0 Å². The number of hydrogen-bond donors (Lipinski definition) is 0. The molecule has 4 heteroatoms. The zero-order valence-electron chi connectivity index (χ0n) is 11.1. The van der Waals surface area contributed by atoms with Gasteiger partial charge in [-0.2, -0.15) is 5.26 Å². The largest absolute Gasteiger partial charge is 0.224 e. The summed E-state index contributed by atoms with van der Waals surface area (Å²) in [5, 5.41) is 8.89. The van der Waals surface area contributed by atoms with Crippen LogP contribution in [0.4, 0.5) is 0 Å². The van der Waals surface area contributed by atoms with Gasteiger partial charge >= 0.3 is 0 Å². The number of aryl methyl sites for hydroxylation is 1. The SMILES string of the molecule is Cc1ccccc1S(=O)(=O)CCCC(C)(C)C#N. The molecule has 0 spiro atoms. The molecule has 0 aromatic heterocycles. The average Bonchev–Trinajstić information content (AvgIpc) is 2.29. The fourth-order valence-corrected chi connectivity index (χ4v) is 3.36. The van der Waals surface area contributed by atoms with Crippen LogP contribution in [0.15, 0.2) is 29.2 Å². The van der Waals surface area contributed by atoms with Gasteiger partial charge in [0.15, 0.2) is 9.84 Å². The van der Waals surface area contributed by atoms with E-state index in [1.165, 1.54) is 0 Å². The summed E-state index contributed by atoms with van der Waals surface area (Å²) in [5.41, 5.74) is 0.318. The molecule has 3 nitrogen and oxygen atoms in total. The average molecular weight is 265 g/mol. The molecule has 18 heavy (non-hydrogen) atoms. The van der Waals surface area contributed by atoms with E-state index in [0.717, 1.165) is 5.56 Å². The van der Waals surface area contributed by atoms with E-state index in [1.807, 2.05) is 19.9 Å². The van der Waals surface area contributed by atoms with Crippen LogP contribution < -0.4 is 0 Å². The molecule has 0 aliphatic rings. The Balaban J connectivity index is 2.74. The predicted octanol–water partition coefficient (Wildman–Crippen LogP) is 3.10. The van der Waals surface area contributed by atoms with Gasteiger partial charge in [0, 0.05) is 0 Å². The van der Waals surface area contributed by atoms with Gasteiger partial charge < -0.3 is 0 Å². The van der Waals surface area contributed by atoms with Crippen molar-refractivity contribution in [2.45, 2.75) is 38.5 Å². The molecular weight excluding hydrogens is 246 g/mol. The van der Waals surface area contributed by atoms with Gasteiger partial charge in [-0.05, 0) is 45.2 Å². The van der Waals surface area contributed by atoms with Crippen molar-refractivity contribution in [3.63, 3.8) is 0 Å². The predicted molar refractivity (Wildman–Crippen MR) is 71.9 cm³/mol. The highest BCUT2D eigenvalue weighted by molar-refractivity contribution is 7.91. The van der Waals surface area contributed by atoms with Crippen molar-refractivity contribution in [3.05, 3.63) is 29.8 Å². The van der Waals surface area contributed by atoms with Crippen molar-refractivity contribution in [1.82, 2.24) is 0 Å². The lowest BCUT2D eigenvalue weighted by molar-refractivity contribution is 0.445. The van der Waals surface area contributed by atoms with Gasteiger partial charge in [-0.15, -0.1) is 0 Å². The van der Waals surface area contributed by atoms with Gasteiger partial charge in [-0.25, -0.2) is 8.42 Å². The van der Waals surface area contributed by atoms with Gasteiger partial charge in [-0.3, -0.25) is 0 Å². The summed E-state index contributed by atoms with van der Waals surface area (Å²) in [7, 11) is -3.23. The maximum atomic E-state index is 12.1. The molecule has 0 atom stereocenters. The molecule has 0 aliphatic heterocycles. The van der Waals surface area contributed by atoms with Gasteiger partial charge in [0.1, 0.15) is 0 Å². The van der Waals surface area contributed by atoms with Gasteiger partial charge in [0.2, 0.25) is 0 Å². The summed E-state index contributed by atoms with van der Waals surface area (Å²) in [6.07, 6.45) is 1.10. The molecule has 1 aromatic rings. The molecule has 0 radical (unpaired) electrons. The topological polar surface area (TPSA) is 57.9 Å². The minimum absolute atomic E-state index is 0.100. The van der Waals surface area contributed by atoms with Crippen LogP contribution in [-0.4, -0.2) is 14.2 Å². The van der Waals surface area contributed by atoms with Crippen molar-refractivity contribution in [2.24, 2.45) is 5.41 Å². The Morgan fingerprint density at radius 3 is 2.44 bits per heavy atom. The molecule has 0 bridgehead atoms. The summed E-state index contributed by atoms with van der Waals surface area (Å²) in [4.78, 5) is 0.403. The minimum atomic E-state index is -3.23. The first-order valence-electron chi connectivity index (χ1n) is 5.98. The van der Waals surface area contributed by atoms with E-state index in [4.69, 9.17) is 5.26 Å². The van der Waals surface area contributed by atoms with Crippen LogP contribution in [0.1, 0.15) is 32.3 Å². The number of hydrogen-bond acceptors (Lipinski definition) is 3. The van der Waals surface area contributed by atoms with Crippen LogP contribution in [0.2, 0.25) is 0 Å². The molecule has 0 fully saturated rings. The Hall–Kier alpha value is -1.34. The van der Waals surface area contributed by atoms with Crippen molar-refractivity contribution in [2.75, 3.05) is 5.75 Å². The van der Waals surface area contributed by atoms with Crippen LogP contribution in [0.5, 0.6) is 0 Å². The smallest absolute Gasteiger partial charge is 0.178 e. The second-order valence-corrected chi connectivity index (χ2v) is 7.26. The van der Waals surface area contributed by atoms with E-state index < -0.39 is 15.3 Å². The third-order valence-electron chi connectivity index (χ3n) is 2.95. The fourth-order valence-electron chi connectivity index (χ4n) is 1.78. The van der Waals surface area contributed by atoms with E-state index in [9.17, 15) is 8.42 Å². The zero-order valence-corrected chi connectivity index (χ0v) is 11.9. The van der Waals surface area contributed by atoms with Gasteiger partial charge in [-0.1, -0.05) is 18.2 Å².